The topological polar surface area (TPSA) is 88.5 Å². The van der Waals surface area contributed by atoms with Crippen molar-refractivity contribution in [2.24, 2.45) is 0 Å². The number of pyridine rings is 1. The van der Waals surface area contributed by atoms with E-state index in [2.05, 4.69) is 22.4 Å². The van der Waals surface area contributed by atoms with Gasteiger partial charge in [-0.15, -0.1) is 12.4 Å². The third-order valence-corrected chi connectivity index (χ3v) is 5.10. The first-order chi connectivity index (χ1) is 14.1. The highest BCUT2D eigenvalue weighted by molar-refractivity contribution is 5.85. The second-order valence-electron chi connectivity index (χ2n) is 6.93. The van der Waals surface area contributed by atoms with Crippen molar-refractivity contribution in [3.8, 4) is 11.1 Å². The zero-order valence-electron chi connectivity index (χ0n) is 16.0. The van der Waals surface area contributed by atoms with E-state index in [0.717, 1.165) is 27.8 Å². The number of aromatic nitrogens is 1. The third-order valence-electron chi connectivity index (χ3n) is 5.10. The van der Waals surface area contributed by atoms with Gasteiger partial charge in [-0.3, -0.25) is 4.98 Å². The standard InChI is InChI=1S/C23H20N2O4.ClH/c26-22(27)21(12-15-6-5-11-24-13-15)25-23(28)29-14-20-18-9-3-1-7-16(18)17-8-2-4-10-19(17)20;/h1-11,13,20-21H,12,14H2,(H,25,28)(H,26,27);1H/t21-;/m1./s1. The van der Waals surface area contributed by atoms with Crippen molar-refractivity contribution in [2.75, 3.05) is 6.61 Å². The lowest BCUT2D eigenvalue weighted by molar-refractivity contribution is -0.139. The zero-order valence-corrected chi connectivity index (χ0v) is 16.8. The molecule has 4 rings (SSSR count). The maximum absolute atomic E-state index is 12.3. The molecule has 2 aromatic carbocycles. The predicted octanol–water partition coefficient (Wildman–Crippen LogP) is 4.04. The summed E-state index contributed by atoms with van der Waals surface area (Å²) in [4.78, 5) is 27.8. The molecule has 0 aliphatic heterocycles. The van der Waals surface area contributed by atoms with E-state index < -0.39 is 18.1 Å². The number of benzene rings is 2. The van der Waals surface area contributed by atoms with Crippen LogP contribution < -0.4 is 5.32 Å². The predicted molar refractivity (Wildman–Crippen MR) is 115 cm³/mol. The third kappa shape index (κ3) is 4.44. The minimum absolute atomic E-state index is 0. The number of carbonyl (C=O) groups is 2. The Labute approximate surface area is 180 Å². The molecule has 6 nitrogen and oxygen atoms in total. The number of fused-ring (bicyclic) bond motifs is 3. The van der Waals surface area contributed by atoms with Crippen LogP contribution in [0.2, 0.25) is 0 Å². The Hall–Kier alpha value is -3.38. The Bertz CT molecular complexity index is 997. The summed E-state index contributed by atoms with van der Waals surface area (Å²) in [5, 5.41) is 11.9. The van der Waals surface area contributed by atoms with Crippen LogP contribution in [-0.2, 0) is 16.0 Å². The summed E-state index contributed by atoms with van der Waals surface area (Å²) in [5.41, 5.74) is 5.20. The van der Waals surface area contributed by atoms with Gasteiger partial charge in [0.05, 0.1) is 0 Å². The van der Waals surface area contributed by atoms with Crippen molar-refractivity contribution in [1.29, 1.82) is 0 Å². The van der Waals surface area contributed by atoms with Gasteiger partial charge in [0, 0.05) is 24.7 Å². The van der Waals surface area contributed by atoms with Crippen molar-refractivity contribution < 1.29 is 19.4 Å². The maximum atomic E-state index is 12.3. The van der Waals surface area contributed by atoms with Crippen molar-refractivity contribution in [1.82, 2.24) is 10.3 Å². The Morgan fingerprint density at radius 3 is 2.20 bits per heavy atom. The molecule has 30 heavy (non-hydrogen) atoms. The molecule has 154 valence electrons. The molecule has 0 unspecified atom stereocenters. The van der Waals surface area contributed by atoms with Crippen LogP contribution in [0.15, 0.2) is 73.1 Å². The van der Waals surface area contributed by atoms with Crippen molar-refractivity contribution in [2.45, 2.75) is 18.4 Å². The molecule has 3 aromatic rings. The van der Waals surface area contributed by atoms with Gasteiger partial charge < -0.3 is 15.2 Å². The first-order valence-corrected chi connectivity index (χ1v) is 9.36. The summed E-state index contributed by atoms with van der Waals surface area (Å²) in [6, 6.07) is 18.5. The number of amides is 1. The van der Waals surface area contributed by atoms with E-state index in [0.29, 0.717) is 0 Å². The van der Waals surface area contributed by atoms with E-state index in [1.54, 1.807) is 24.5 Å². The molecule has 1 aliphatic carbocycles. The van der Waals surface area contributed by atoms with E-state index in [-0.39, 0.29) is 31.4 Å². The molecular weight excluding hydrogens is 404 g/mol. The fraction of sp³-hybridized carbons (Fsp3) is 0.174. The summed E-state index contributed by atoms with van der Waals surface area (Å²) in [6.45, 7) is 0.138. The highest BCUT2D eigenvalue weighted by Gasteiger charge is 2.29. The number of alkyl carbamates (subject to hydrolysis) is 1. The number of carboxylic acids is 1. The minimum Gasteiger partial charge on any atom is -0.480 e. The van der Waals surface area contributed by atoms with Gasteiger partial charge in [-0.25, -0.2) is 9.59 Å². The number of ether oxygens (including phenoxy) is 1. The summed E-state index contributed by atoms with van der Waals surface area (Å²) in [7, 11) is 0. The number of hydrogen-bond donors (Lipinski definition) is 2. The van der Waals surface area contributed by atoms with Gasteiger partial charge >= 0.3 is 12.1 Å². The summed E-state index contributed by atoms with van der Waals surface area (Å²) >= 11 is 0. The highest BCUT2D eigenvalue weighted by atomic mass is 35.5. The van der Waals surface area contributed by atoms with E-state index in [1.165, 1.54) is 0 Å². The van der Waals surface area contributed by atoms with Crippen LogP contribution >= 0.6 is 12.4 Å². The molecule has 0 saturated carbocycles. The molecule has 1 aliphatic rings. The van der Waals surface area contributed by atoms with Crippen LogP contribution in [-0.4, -0.2) is 34.8 Å². The van der Waals surface area contributed by atoms with E-state index >= 15 is 0 Å². The number of carboxylic acid groups (broad SMARTS) is 1. The van der Waals surface area contributed by atoms with Crippen molar-refractivity contribution >= 4 is 24.5 Å². The number of nitrogens with zero attached hydrogens (tertiary/aromatic N) is 1. The Morgan fingerprint density at radius 1 is 1.00 bits per heavy atom. The summed E-state index contributed by atoms with van der Waals surface area (Å²) in [5.74, 6) is -1.20. The first kappa shape index (κ1) is 21.3. The molecule has 1 atom stereocenters. The number of hydrogen-bond acceptors (Lipinski definition) is 4. The number of aliphatic carboxylic acids is 1. The molecule has 2 N–H and O–H groups in total. The molecule has 0 fully saturated rings. The van der Waals surface area contributed by atoms with Gasteiger partial charge in [0.1, 0.15) is 12.6 Å². The molecule has 0 spiro atoms. The average Bonchev–Trinajstić information content (AvgIpc) is 3.06. The largest absolute Gasteiger partial charge is 0.480 e. The Balaban J connectivity index is 0.00000256. The lowest BCUT2D eigenvalue weighted by Crippen LogP contribution is -2.42. The second kappa shape index (κ2) is 9.41. The average molecular weight is 425 g/mol. The van der Waals surface area contributed by atoms with Crippen LogP contribution in [0.25, 0.3) is 11.1 Å². The lowest BCUT2D eigenvalue weighted by atomic mass is 9.98. The molecule has 0 radical (unpaired) electrons. The van der Waals surface area contributed by atoms with Crippen molar-refractivity contribution in [3.05, 3.63) is 89.7 Å². The van der Waals surface area contributed by atoms with Crippen LogP contribution in [0.5, 0.6) is 0 Å². The molecule has 0 saturated heterocycles. The van der Waals surface area contributed by atoms with Gasteiger partial charge in [-0.2, -0.15) is 0 Å². The normalized spacial score (nSPS) is 12.8. The number of carbonyl (C=O) groups excluding carboxylic acids is 1. The number of halogens is 1. The zero-order chi connectivity index (χ0) is 20.2. The quantitative estimate of drug-likeness (QED) is 0.623. The Morgan fingerprint density at radius 2 is 1.63 bits per heavy atom. The van der Waals surface area contributed by atoms with Gasteiger partial charge in [0.15, 0.2) is 0 Å². The van der Waals surface area contributed by atoms with E-state index in [9.17, 15) is 14.7 Å². The molecule has 1 aromatic heterocycles. The maximum Gasteiger partial charge on any atom is 0.407 e. The fourth-order valence-electron chi connectivity index (χ4n) is 3.74. The van der Waals surface area contributed by atoms with Gasteiger partial charge in [-0.05, 0) is 33.9 Å². The van der Waals surface area contributed by atoms with Crippen LogP contribution in [0.3, 0.4) is 0 Å². The summed E-state index contributed by atoms with van der Waals surface area (Å²) in [6.07, 6.45) is 2.57. The smallest absolute Gasteiger partial charge is 0.407 e. The minimum atomic E-state index is -1.12. The van der Waals surface area contributed by atoms with Crippen LogP contribution in [0.1, 0.15) is 22.6 Å². The van der Waals surface area contributed by atoms with E-state index in [4.69, 9.17) is 4.74 Å². The molecule has 1 amide bonds. The molecular formula is C23H21ClN2O4. The Kier molecular flexibility index (Phi) is 6.69. The molecule has 0 bridgehead atoms. The van der Waals surface area contributed by atoms with Crippen LogP contribution in [0, 0.1) is 0 Å². The highest BCUT2D eigenvalue weighted by Crippen LogP contribution is 2.44. The fourth-order valence-corrected chi connectivity index (χ4v) is 3.74. The SMILES string of the molecule is Cl.O=C(N[C@H](Cc1cccnc1)C(=O)O)OCC1c2ccccc2-c2ccccc21. The number of nitrogens with one attached hydrogen (secondary N) is 1. The first-order valence-electron chi connectivity index (χ1n) is 9.36. The monoisotopic (exact) mass is 424 g/mol. The molecule has 1 heterocycles. The lowest BCUT2D eigenvalue weighted by Gasteiger charge is -2.17. The second-order valence-corrected chi connectivity index (χ2v) is 6.93. The van der Waals surface area contributed by atoms with Crippen LogP contribution in [0.4, 0.5) is 4.79 Å². The van der Waals surface area contributed by atoms with Crippen molar-refractivity contribution in [3.63, 3.8) is 0 Å². The van der Waals surface area contributed by atoms with Gasteiger partial charge in [-0.1, -0.05) is 54.6 Å². The van der Waals surface area contributed by atoms with E-state index in [1.807, 2.05) is 36.4 Å². The molecule has 7 heteroatoms. The van der Waals surface area contributed by atoms with Gasteiger partial charge in [0.2, 0.25) is 0 Å². The van der Waals surface area contributed by atoms with Gasteiger partial charge in [0.25, 0.3) is 0 Å². The summed E-state index contributed by atoms with van der Waals surface area (Å²) < 4.78 is 5.43. The number of rotatable bonds is 6.